The Morgan fingerprint density at radius 1 is 0.828 bits per heavy atom. The number of aryl methyl sites for hydroxylation is 1. The molecule has 0 spiro atoms. The van der Waals surface area contributed by atoms with Crippen molar-refractivity contribution in [2.24, 2.45) is 5.41 Å². The van der Waals surface area contributed by atoms with Crippen molar-refractivity contribution in [2.45, 2.75) is 27.2 Å². The number of furan rings is 2. The zero-order valence-corrected chi connectivity index (χ0v) is 16.9. The van der Waals surface area contributed by atoms with E-state index >= 15 is 0 Å². The van der Waals surface area contributed by atoms with E-state index in [4.69, 9.17) is 8.83 Å². The van der Waals surface area contributed by atoms with Crippen molar-refractivity contribution >= 4 is 39.0 Å². The summed E-state index contributed by atoms with van der Waals surface area (Å²) in [4.78, 5) is 0. The summed E-state index contributed by atoms with van der Waals surface area (Å²) in [5, 5.41) is 3.55. The molecule has 0 aliphatic heterocycles. The Balaban J connectivity index is 1.60. The van der Waals surface area contributed by atoms with Gasteiger partial charge in [-0.1, -0.05) is 55.8 Å². The Morgan fingerprint density at radius 2 is 1.66 bits per heavy atom. The summed E-state index contributed by atoms with van der Waals surface area (Å²) in [5.41, 5.74) is 7.82. The number of para-hydroxylation sites is 1. The SMILES string of the molecule is Cc1ccc2oc3c(-c4ccc5oc6c(c5c4)CC(C)(C)C=C6)cccc3c2c1. The molecule has 0 radical (unpaired) electrons. The van der Waals surface area contributed by atoms with Crippen LogP contribution in [0.25, 0.3) is 50.1 Å². The minimum Gasteiger partial charge on any atom is -0.456 e. The highest BCUT2D eigenvalue weighted by Crippen LogP contribution is 2.41. The fraction of sp³-hybridized carbons (Fsp3) is 0.185. The highest BCUT2D eigenvalue weighted by molar-refractivity contribution is 6.10. The molecular formula is C27H22O2. The van der Waals surface area contributed by atoms with E-state index in [2.05, 4.69) is 87.5 Å². The maximum absolute atomic E-state index is 6.30. The van der Waals surface area contributed by atoms with Crippen LogP contribution in [0.3, 0.4) is 0 Å². The van der Waals surface area contributed by atoms with Crippen LogP contribution in [0.15, 0.2) is 69.5 Å². The Morgan fingerprint density at radius 3 is 2.55 bits per heavy atom. The number of hydrogen-bond donors (Lipinski definition) is 0. The summed E-state index contributed by atoms with van der Waals surface area (Å²) in [7, 11) is 0. The summed E-state index contributed by atoms with van der Waals surface area (Å²) in [6.45, 7) is 6.66. The number of allylic oxidation sites excluding steroid dienone is 1. The Hall–Kier alpha value is -3.26. The van der Waals surface area contributed by atoms with Crippen LogP contribution < -0.4 is 0 Å². The van der Waals surface area contributed by atoms with E-state index in [0.717, 1.165) is 40.1 Å². The quantitative estimate of drug-likeness (QED) is 0.296. The highest BCUT2D eigenvalue weighted by Gasteiger charge is 2.25. The third kappa shape index (κ3) is 2.49. The topological polar surface area (TPSA) is 26.3 Å². The summed E-state index contributed by atoms with van der Waals surface area (Å²) in [5.74, 6) is 0.994. The van der Waals surface area contributed by atoms with Gasteiger partial charge in [-0.15, -0.1) is 0 Å². The van der Waals surface area contributed by atoms with Gasteiger partial charge in [0.1, 0.15) is 22.5 Å². The monoisotopic (exact) mass is 378 g/mol. The molecule has 0 bridgehead atoms. The number of benzene rings is 3. The molecule has 0 unspecified atom stereocenters. The second-order valence-corrected chi connectivity index (χ2v) is 8.94. The van der Waals surface area contributed by atoms with Crippen LogP contribution in [-0.2, 0) is 6.42 Å². The predicted molar refractivity (Wildman–Crippen MR) is 120 cm³/mol. The molecule has 5 aromatic rings. The van der Waals surface area contributed by atoms with Gasteiger partial charge in [0.2, 0.25) is 0 Å². The molecule has 0 N–H and O–H groups in total. The van der Waals surface area contributed by atoms with E-state index in [0.29, 0.717) is 0 Å². The lowest BCUT2D eigenvalue weighted by atomic mass is 9.81. The van der Waals surface area contributed by atoms with Gasteiger partial charge in [-0.25, -0.2) is 0 Å². The Kier molecular flexibility index (Phi) is 3.24. The number of rotatable bonds is 1. The number of fused-ring (bicyclic) bond motifs is 6. The van der Waals surface area contributed by atoms with Crippen LogP contribution in [-0.4, -0.2) is 0 Å². The molecule has 2 heteroatoms. The van der Waals surface area contributed by atoms with Crippen LogP contribution in [0.1, 0.15) is 30.7 Å². The second kappa shape index (κ2) is 5.64. The molecule has 0 saturated carbocycles. The first-order valence-electron chi connectivity index (χ1n) is 10.2. The molecular weight excluding hydrogens is 356 g/mol. The molecule has 1 aliphatic carbocycles. The van der Waals surface area contributed by atoms with Crippen molar-refractivity contribution in [2.75, 3.05) is 0 Å². The van der Waals surface area contributed by atoms with Gasteiger partial charge in [0.25, 0.3) is 0 Å². The molecule has 2 heterocycles. The molecule has 2 aromatic heterocycles. The third-order valence-corrected chi connectivity index (χ3v) is 6.10. The Bertz CT molecular complexity index is 1460. The summed E-state index contributed by atoms with van der Waals surface area (Å²) in [6, 6.07) is 19.3. The van der Waals surface area contributed by atoms with Crippen LogP contribution in [0.4, 0.5) is 0 Å². The lowest BCUT2D eigenvalue weighted by molar-refractivity contribution is 0.465. The van der Waals surface area contributed by atoms with E-state index in [-0.39, 0.29) is 5.41 Å². The Labute approximate surface area is 169 Å². The van der Waals surface area contributed by atoms with Crippen LogP contribution in [0.5, 0.6) is 0 Å². The van der Waals surface area contributed by atoms with Crippen molar-refractivity contribution in [1.82, 2.24) is 0 Å². The lowest BCUT2D eigenvalue weighted by Gasteiger charge is -2.23. The van der Waals surface area contributed by atoms with Gasteiger partial charge in [0, 0.05) is 27.3 Å². The fourth-order valence-corrected chi connectivity index (χ4v) is 4.61. The third-order valence-electron chi connectivity index (χ3n) is 6.10. The van der Waals surface area contributed by atoms with Crippen LogP contribution in [0.2, 0.25) is 0 Å². The van der Waals surface area contributed by atoms with E-state index < -0.39 is 0 Å². The molecule has 1 aliphatic rings. The molecule has 29 heavy (non-hydrogen) atoms. The van der Waals surface area contributed by atoms with E-state index in [1.54, 1.807) is 0 Å². The van der Waals surface area contributed by atoms with Crippen LogP contribution in [0, 0.1) is 12.3 Å². The van der Waals surface area contributed by atoms with Crippen molar-refractivity contribution < 1.29 is 8.83 Å². The van der Waals surface area contributed by atoms with E-state index in [9.17, 15) is 0 Å². The molecule has 0 fully saturated rings. The number of hydrogen-bond acceptors (Lipinski definition) is 2. The van der Waals surface area contributed by atoms with Gasteiger partial charge in [0.15, 0.2) is 0 Å². The zero-order valence-electron chi connectivity index (χ0n) is 16.9. The van der Waals surface area contributed by atoms with E-state index in [1.165, 1.54) is 27.3 Å². The first kappa shape index (κ1) is 16.7. The zero-order chi connectivity index (χ0) is 19.8. The van der Waals surface area contributed by atoms with Gasteiger partial charge in [-0.05, 0) is 54.7 Å². The first-order chi connectivity index (χ1) is 14.0. The average molecular weight is 378 g/mol. The summed E-state index contributed by atoms with van der Waals surface area (Å²) in [6.07, 6.45) is 5.36. The van der Waals surface area contributed by atoms with Gasteiger partial charge in [0.05, 0.1) is 0 Å². The van der Waals surface area contributed by atoms with Gasteiger partial charge in [-0.2, -0.15) is 0 Å². The minimum atomic E-state index is 0.149. The molecule has 142 valence electrons. The molecule has 6 rings (SSSR count). The molecule has 0 atom stereocenters. The minimum absolute atomic E-state index is 0.149. The smallest absolute Gasteiger partial charge is 0.143 e. The van der Waals surface area contributed by atoms with Crippen molar-refractivity contribution in [3.8, 4) is 11.1 Å². The van der Waals surface area contributed by atoms with Crippen LogP contribution >= 0.6 is 0 Å². The standard InChI is InChI=1S/C27H22O2/c1-16-7-9-24-20(13-16)19-6-4-5-18(26(19)29-24)17-8-10-23-21(14-17)22-15-27(2,3)12-11-25(22)28-23/h4-14H,15H2,1-3H3. The fourth-order valence-electron chi connectivity index (χ4n) is 4.61. The van der Waals surface area contributed by atoms with Gasteiger partial charge in [-0.3, -0.25) is 0 Å². The molecule has 0 saturated heterocycles. The summed E-state index contributed by atoms with van der Waals surface area (Å²) >= 11 is 0. The normalized spacial score (nSPS) is 15.4. The van der Waals surface area contributed by atoms with Crippen molar-refractivity contribution in [3.05, 3.63) is 77.6 Å². The predicted octanol–water partition coefficient (Wildman–Crippen LogP) is 7.90. The van der Waals surface area contributed by atoms with Crippen molar-refractivity contribution in [1.29, 1.82) is 0 Å². The second-order valence-electron chi connectivity index (χ2n) is 8.94. The summed E-state index contributed by atoms with van der Waals surface area (Å²) < 4.78 is 12.4. The molecule has 0 amide bonds. The average Bonchev–Trinajstić information content (AvgIpc) is 3.24. The maximum atomic E-state index is 6.30. The van der Waals surface area contributed by atoms with Crippen molar-refractivity contribution in [3.63, 3.8) is 0 Å². The lowest BCUT2D eigenvalue weighted by Crippen LogP contribution is -2.14. The largest absolute Gasteiger partial charge is 0.456 e. The van der Waals surface area contributed by atoms with Gasteiger partial charge >= 0.3 is 0 Å². The highest BCUT2D eigenvalue weighted by atomic mass is 16.3. The molecule has 2 nitrogen and oxygen atoms in total. The molecule has 3 aromatic carbocycles. The first-order valence-corrected chi connectivity index (χ1v) is 10.2. The maximum Gasteiger partial charge on any atom is 0.143 e. The van der Waals surface area contributed by atoms with E-state index in [1.807, 2.05) is 0 Å². The van der Waals surface area contributed by atoms with Gasteiger partial charge < -0.3 is 8.83 Å².